The third-order valence-electron chi connectivity index (χ3n) is 6.30. The fourth-order valence-corrected chi connectivity index (χ4v) is 5.26. The maximum Gasteiger partial charge on any atom is 0.254 e. The van der Waals surface area contributed by atoms with E-state index in [1.165, 1.54) is 17.0 Å². The van der Waals surface area contributed by atoms with Gasteiger partial charge in [0.2, 0.25) is 5.91 Å². The molecule has 1 aromatic heterocycles. The smallest absolute Gasteiger partial charge is 0.254 e. The van der Waals surface area contributed by atoms with Gasteiger partial charge in [0, 0.05) is 28.6 Å². The van der Waals surface area contributed by atoms with Crippen LogP contribution in [0.5, 0.6) is 11.5 Å². The van der Waals surface area contributed by atoms with Crippen molar-refractivity contribution in [3.63, 3.8) is 0 Å². The molecular weight excluding hydrogens is 479 g/mol. The van der Waals surface area contributed by atoms with E-state index < -0.39 is 5.54 Å². The molecular formula is C28H31FN2O4S. The summed E-state index contributed by atoms with van der Waals surface area (Å²) >= 11 is 1.66. The number of hydrogen-bond donors (Lipinski definition) is 0. The van der Waals surface area contributed by atoms with Crippen LogP contribution in [0, 0.1) is 5.82 Å². The predicted octanol–water partition coefficient (Wildman–Crippen LogP) is 5.34. The molecule has 190 valence electrons. The van der Waals surface area contributed by atoms with Crippen LogP contribution >= 0.6 is 11.3 Å². The Morgan fingerprint density at radius 3 is 2.53 bits per heavy atom. The fraction of sp³-hybridized carbons (Fsp3) is 0.357. The van der Waals surface area contributed by atoms with Crippen molar-refractivity contribution >= 4 is 23.2 Å². The maximum absolute atomic E-state index is 13.7. The van der Waals surface area contributed by atoms with Gasteiger partial charge in [0.1, 0.15) is 30.5 Å². The van der Waals surface area contributed by atoms with E-state index in [1.54, 1.807) is 64.6 Å². The van der Waals surface area contributed by atoms with E-state index in [0.29, 0.717) is 23.6 Å². The van der Waals surface area contributed by atoms with Crippen molar-refractivity contribution in [1.82, 2.24) is 9.80 Å². The molecule has 0 unspecified atom stereocenters. The molecule has 3 aromatic rings. The zero-order chi connectivity index (χ0) is 25.9. The molecule has 0 aliphatic carbocycles. The average molecular weight is 511 g/mol. The van der Waals surface area contributed by atoms with Gasteiger partial charge in [0.05, 0.1) is 13.2 Å². The first-order valence-corrected chi connectivity index (χ1v) is 12.8. The Labute approximate surface area is 215 Å². The molecule has 2 amide bonds. The number of ether oxygens (including phenoxy) is 2. The summed E-state index contributed by atoms with van der Waals surface area (Å²) in [6.45, 7) is 6.40. The maximum atomic E-state index is 13.7. The van der Waals surface area contributed by atoms with Crippen molar-refractivity contribution in [2.45, 2.75) is 38.8 Å². The highest BCUT2D eigenvalue weighted by molar-refractivity contribution is 7.10. The normalized spacial score (nSPS) is 15.2. The molecule has 6 nitrogen and oxygen atoms in total. The van der Waals surface area contributed by atoms with E-state index in [-0.39, 0.29) is 36.8 Å². The molecule has 0 spiro atoms. The number of rotatable bonds is 7. The Morgan fingerprint density at radius 1 is 1.11 bits per heavy atom. The number of nitrogens with zero attached hydrogens (tertiary/aromatic N) is 2. The Morgan fingerprint density at radius 2 is 1.86 bits per heavy atom. The van der Waals surface area contributed by atoms with Gasteiger partial charge < -0.3 is 19.3 Å². The minimum absolute atomic E-state index is 0.0652. The number of halogens is 1. The zero-order valence-corrected chi connectivity index (χ0v) is 21.8. The van der Waals surface area contributed by atoms with Gasteiger partial charge in [-0.25, -0.2) is 4.39 Å². The van der Waals surface area contributed by atoms with Crippen molar-refractivity contribution in [2.75, 3.05) is 26.8 Å². The SMILES string of the molecule is COc1ccc(C(=O)N(CC(=O)N2CCc3sccc3[C@@H]2COc2cccc(F)c2)C(C)(C)C)cc1. The molecule has 0 saturated carbocycles. The van der Waals surface area contributed by atoms with Crippen LogP contribution in [0.15, 0.2) is 60.0 Å². The van der Waals surface area contributed by atoms with Gasteiger partial charge in [-0.15, -0.1) is 11.3 Å². The minimum Gasteiger partial charge on any atom is -0.497 e. The summed E-state index contributed by atoms with van der Waals surface area (Å²) in [6.07, 6.45) is 0.747. The second kappa shape index (κ2) is 10.7. The van der Waals surface area contributed by atoms with Gasteiger partial charge in [-0.05, 0) is 80.6 Å². The molecule has 1 aliphatic heterocycles. The van der Waals surface area contributed by atoms with E-state index in [2.05, 4.69) is 0 Å². The standard InChI is InChI=1S/C28H31FN2O4S/c1-28(2,3)31(27(33)19-8-10-21(34-4)11-9-19)17-26(32)30-14-12-25-23(13-15-36-25)24(30)18-35-22-7-5-6-20(29)16-22/h5-11,13,15-16,24H,12,14,17-18H2,1-4H3/t24-/m0/s1. The van der Waals surface area contributed by atoms with Crippen LogP contribution in [0.4, 0.5) is 4.39 Å². The van der Waals surface area contributed by atoms with E-state index in [4.69, 9.17) is 9.47 Å². The summed E-state index contributed by atoms with van der Waals surface area (Å²) in [5.74, 6) is 0.315. The highest BCUT2D eigenvalue weighted by Gasteiger charge is 2.36. The number of fused-ring (bicyclic) bond motifs is 1. The van der Waals surface area contributed by atoms with Gasteiger partial charge in [-0.2, -0.15) is 0 Å². The molecule has 4 rings (SSSR count). The van der Waals surface area contributed by atoms with Crippen LogP contribution in [-0.2, 0) is 11.2 Å². The Kier molecular flexibility index (Phi) is 7.64. The van der Waals surface area contributed by atoms with Crippen LogP contribution in [0.2, 0.25) is 0 Å². The van der Waals surface area contributed by atoms with Crippen LogP contribution in [-0.4, -0.2) is 54.0 Å². The van der Waals surface area contributed by atoms with Crippen molar-refractivity contribution in [3.8, 4) is 11.5 Å². The topological polar surface area (TPSA) is 59.1 Å². The second-order valence-corrected chi connectivity index (χ2v) is 10.7. The van der Waals surface area contributed by atoms with Crippen LogP contribution < -0.4 is 9.47 Å². The van der Waals surface area contributed by atoms with E-state index in [1.807, 2.05) is 32.2 Å². The number of amides is 2. The van der Waals surface area contributed by atoms with Gasteiger partial charge in [0.25, 0.3) is 5.91 Å². The zero-order valence-electron chi connectivity index (χ0n) is 21.0. The van der Waals surface area contributed by atoms with Crippen LogP contribution in [0.3, 0.4) is 0 Å². The first-order chi connectivity index (χ1) is 17.2. The largest absolute Gasteiger partial charge is 0.497 e. The number of hydrogen-bond acceptors (Lipinski definition) is 5. The second-order valence-electron chi connectivity index (χ2n) is 9.71. The molecule has 0 radical (unpaired) electrons. The third-order valence-corrected chi connectivity index (χ3v) is 7.30. The van der Waals surface area contributed by atoms with E-state index in [9.17, 15) is 14.0 Å². The molecule has 36 heavy (non-hydrogen) atoms. The molecule has 0 N–H and O–H groups in total. The number of thiophene rings is 1. The molecule has 2 heterocycles. The lowest BCUT2D eigenvalue weighted by atomic mass is 9.99. The van der Waals surface area contributed by atoms with Crippen molar-refractivity contribution in [2.24, 2.45) is 0 Å². The Hall–Kier alpha value is -3.39. The number of benzene rings is 2. The molecule has 0 fully saturated rings. The first kappa shape index (κ1) is 25.7. The summed E-state index contributed by atoms with van der Waals surface area (Å²) in [6, 6.07) is 14.6. The van der Waals surface area contributed by atoms with Gasteiger partial charge in [-0.1, -0.05) is 6.07 Å². The van der Waals surface area contributed by atoms with Gasteiger partial charge >= 0.3 is 0 Å². The third kappa shape index (κ3) is 5.70. The first-order valence-electron chi connectivity index (χ1n) is 11.9. The number of carbonyl (C=O) groups excluding carboxylic acids is 2. The lowest BCUT2D eigenvalue weighted by Crippen LogP contribution is -2.53. The molecule has 1 aliphatic rings. The number of methoxy groups -OCH3 is 1. The Balaban J connectivity index is 1.55. The molecule has 0 saturated heterocycles. The summed E-state index contributed by atoms with van der Waals surface area (Å²) in [7, 11) is 1.57. The molecule has 1 atom stereocenters. The van der Waals surface area contributed by atoms with Crippen molar-refractivity contribution in [3.05, 3.63) is 81.8 Å². The van der Waals surface area contributed by atoms with Crippen molar-refractivity contribution < 1.29 is 23.5 Å². The number of carbonyl (C=O) groups is 2. The van der Waals surface area contributed by atoms with E-state index >= 15 is 0 Å². The predicted molar refractivity (Wildman–Crippen MR) is 138 cm³/mol. The molecule has 2 aromatic carbocycles. The average Bonchev–Trinajstić information content (AvgIpc) is 3.34. The van der Waals surface area contributed by atoms with Crippen molar-refractivity contribution in [1.29, 1.82) is 0 Å². The van der Waals surface area contributed by atoms with Gasteiger partial charge in [0.15, 0.2) is 0 Å². The van der Waals surface area contributed by atoms with Crippen LogP contribution in [0.1, 0.15) is 47.6 Å². The summed E-state index contributed by atoms with van der Waals surface area (Å²) in [5.41, 5.74) is 0.951. The summed E-state index contributed by atoms with van der Waals surface area (Å²) in [4.78, 5) is 31.7. The molecule has 8 heteroatoms. The van der Waals surface area contributed by atoms with Gasteiger partial charge in [-0.3, -0.25) is 9.59 Å². The lowest BCUT2D eigenvalue weighted by molar-refractivity contribution is -0.136. The summed E-state index contributed by atoms with van der Waals surface area (Å²) < 4.78 is 24.8. The minimum atomic E-state index is -0.580. The van der Waals surface area contributed by atoms with E-state index in [0.717, 1.165) is 12.0 Å². The lowest BCUT2D eigenvalue weighted by Gasteiger charge is -2.40. The fourth-order valence-electron chi connectivity index (χ4n) is 4.34. The highest BCUT2D eigenvalue weighted by atomic mass is 32.1. The highest BCUT2D eigenvalue weighted by Crippen LogP contribution is 2.34. The van der Waals surface area contributed by atoms with Crippen LogP contribution in [0.25, 0.3) is 0 Å². The molecule has 0 bridgehead atoms. The quantitative estimate of drug-likeness (QED) is 0.431. The monoisotopic (exact) mass is 510 g/mol. The Bertz CT molecular complexity index is 1220. The summed E-state index contributed by atoms with van der Waals surface area (Å²) in [5, 5.41) is 2.02.